The molecule has 2 unspecified atom stereocenters. The Kier molecular flexibility index (Phi) is 6.26. The molecule has 1 rings (SSSR count). The van der Waals surface area contributed by atoms with Crippen molar-refractivity contribution in [1.82, 2.24) is 0 Å². The Morgan fingerprint density at radius 2 is 1.93 bits per heavy atom. The van der Waals surface area contributed by atoms with Crippen LogP contribution in [0.4, 0.5) is 0 Å². The van der Waals surface area contributed by atoms with E-state index in [1.807, 2.05) is 0 Å². The minimum atomic E-state index is 0.376. The Balaban J connectivity index is 2.08. The Morgan fingerprint density at radius 3 is 2.53 bits per heavy atom. The third kappa shape index (κ3) is 4.98. The van der Waals surface area contributed by atoms with Crippen molar-refractivity contribution >= 4 is 0 Å². The van der Waals surface area contributed by atoms with Crippen molar-refractivity contribution in [3.8, 4) is 0 Å². The maximum Gasteiger partial charge on any atom is 0.0465 e. The average Bonchev–Trinajstić information content (AvgIpc) is 2.75. The van der Waals surface area contributed by atoms with Crippen molar-refractivity contribution in [3.05, 3.63) is 0 Å². The summed E-state index contributed by atoms with van der Waals surface area (Å²) in [7, 11) is 1.76. The van der Waals surface area contributed by atoms with Crippen LogP contribution in [0.5, 0.6) is 0 Å². The van der Waals surface area contributed by atoms with Crippen LogP contribution in [0.2, 0.25) is 0 Å². The Bertz CT molecular complexity index is 155. The van der Waals surface area contributed by atoms with Gasteiger partial charge in [-0.05, 0) is 31.1 Å². The molecule has 0 aromatic carbocycles. The normalized spacial score (nSPS) is 21.8. The zero-order valence-corrected chi connectivity index (χ0v) is 10.4. The molecule has 0 saturated heterocycles. The van der Waals surface area contributed by atoms with Crippen molar-refractivity contribution in [2.45, 2.75) is 57.9 Å². The molecule has 1 aliphatic rings. The fourth-order valence-corrected chi connectivity index (χ4v) is 2.53. The Morgan fingerprint density at radius 1 is 1.27 bits per heavy atom. The van der Waals surface area contributed by atoms with Gasteiger partial charge in [-0.3, -0.25) is 0 Å². The van der Waals surface area contributed by atoms with Crippen LogP contribution in [0.3, 0.4) is 0 Å². The molecule has 2 atom stereocenters. The highest BCUT2D eigenvalue weighted by Gasteiger charge is 2.18. The first-order valence-corrected chi connectivity index (χ1v) is 6.48. The first-order valence-electron chi connectivity index (χ1n) is 6.48. The molecular formula is C13H27NO. The molecule has 90 valence electrons. The predicted molar refractivity (Wildman–Crippen MR) is 64.8 cm³/mol. The SMILES string of the molecule is COCCC(C)C(N)CCC1CCCC1. The summed E-state index contributed by atoms with van der Waals surface area (Å²) < 4.78 is 5.09. The van der Waals surface area contributed by atoms with Gasteiger partial charge in [0.1, 0.15) is 0 Å². The van der Waals surface area contributed by atoms with Gasteiger partial charge < -0.3 is 10.5 Å². The first-order chi connectivity index (χ1) is 7.24. The molecule has 0 spiro atoms. The van der Waals surface area contributed by atoms with E-state index in [0.717, 1.165) is 18.9 Å². The van der Waals surface area contributed by atoms with Gasteiger partial charge in [-0.1, -0.05) is 32.6 Å². The summed E-state index contributed by atoms with van der Waals surface area (Å²) in [5.41, 5.74) is 6.18. The third-order valence-corrected chi connectivity index (χ3v) is 3.89. The number of methoxy groups -OCH3 is 1. The van der Waals surface area contributed by atoms with Crippen LogP contribution in [0, 0.1) is 11.8 Å². The molecule has 1 aliphatic carbocycles. The number of hydrogen-bond donors (Lipinski definition) is 1. The summed E-state index contributed by atoms with van der Waals surface area (Å²) in [6.07, 6.45) is 9.42. The molecule has 2 N–H and O–H groups in total. The van der Waals surface area contributed by atoms with E-state index >= 15 is 0 Å². The van der Waals surface area contributed by atoms with Crippen molar-refractivity contribution in [3.63, 3.8) is 0 Å². The molecule has 0 aromatic heterocycles. The Hall–Kier alpha value is -0.0800. The van der Waals surface area contributed by atoms with Gasteiger partial charge in [-0.15, -0.1) is 0 Å². The minimum absolute atomic E-state index is 0.376. The summed E-state index contributed by atoms with van der Waals surface area (Å²) >= 11 is 0. The van der Waals surface area contributed by atoms with Crippen LogP contribution in [0.1, 0.15) is 51.9 Å². The molecule has 0 aromatic rings. The van der Waals surface area contributed by atoms with Crippen molar-refractivity contribution in [1.29, 1.82) is 0 Å². The molecule has 2 nitrogen and oxygen atoms in total. The van der Waals surface area contributed by atoms with Crippen LogP contribution in [0.25, 0.3) is 0 Å². The molecule has 0 aliphatic heterocycles. The van der Waals surface area contributed by atoms with E-state index in [2.05, 4.69) is 6.92 Å². The maximum atomic E-state index is 6.18. The van der Waals surface area contributed by atoms with Crippen LogP contribution in [-0.4, -0.2) is 19.8 Å². The van der Waals surface area contributed by atoms with Crippen LogP contribution in [0.15, 0.2) is 0 Å². The standard InChI is InChI=1S/C13H27NO/c1-11(9-10-15-2)13(14)8-7-12-5-3-4-6-12/h11-13H,3-10,14H2,1-2H3. The summed E-state index contributed by atoms with van der Waals surface area (Å²) in [5, 5.41) is 0. The average molecular weight is 213 g/mol. The molecule has 2 heteroatoms. The lowest BCUT2D eigenvalue weighted by atomic mass is 9.91. The number of ether oxygens (including phenoxy) is 1. The minimum Gasteiger partial charge on any atom is -0.385 e. The topological polar surface area (TPSA) is 35.2 Å². The largest absolute Gasteiger partial charge is 0.385 e. The molecule has 0 amide bonds. The summed E-state index contributed by atoms with van der Waals surface area (Å²) in [5.74, 6) is 1.58. The van der Waals surface area contributed by atoms with Crippen LogP contribution < -0.4 is 5.73 Å². The maximum absolute atomic E-state index is 6.18. The predicted octanol–water partition coefficient (Wildman–Crippen LogP) is 2.96. The van der Waals surface area contributed by atoms with E-state index in [4.69, 9.17) is 10.5 Å². The van der Waals surface area contributed by atoms with E-state index in [0.29, 0.717) is 12.0 Å². The monoisotopic (exact) mass is 213 g/mol. The smallest absolute Gasteiger partial charge is 0.0465 e. The Labute approximate surface area is 94.6 Å². The first kappa shape index (κ1) is 13.0. The zero-order chi connectivity index (χ0) is 11.1. The van der Waals surface area contributed by atoms with Gasteiger partial charge in [0.2, 0.25) is 0 Å². The van der Waals surface area contributed by atoms with Crippen LogP contribution >= 0.6 is 0 Å². The second-order valence-electron chi connectivity index (χ2n) is 5.15. The highest BCUT2D eigenvalue weighted by Crippen LogP contribution is 2.29. The summed E-state index contributed by atoms with van der Waals surface area (Å²) in [4.78, 5) is 0. The highest BCUT2D eigenvalue weighted by molar-refractivity contribution is 4.74. The van der Waals surface area contributed by atoms with Gasteiger partial charge in [-0.2, -0.15) is 0 Å². The van der Waals surface area contributed by atoms with E-state index in [1.54, 1.807) is 7.11 Å². The lowest BCUT2D eigenvalue weighted by Crippen LogP contribution is -2.29. The number of rotatable bonds is 7. The summed E-state index contributed by atoms with van der Waals surface area (Å²) in [6.45, 7) is 3.09. The molecule has 0 heterocycles. The molecular weight excluding hydrogens is 186 g/mol. The van der Waals surface area contributed by atoms with Gasteiger partial charge in [0.05, 0.1) is 0 Å². The van der Waals surface area contributed by atoms with Crippen molar-refractivity contribution < 1.29 is 4.74 Å². The van der Waals surface area contributed by atoms with E-state index in [-0.39, 0.29) is 0 Å². The van der Waals surface area contributed by atoms with Gasteiger partial charge in [0, 0.05) is 19.8 Å². The van der Waals surface area contributed by atoms with Gasteiger partial charge >= 0.3 is 0 Å². The van der Waals surface area contributed by atoms with Crippen molar-refractivity contribution in [2.75, 3.05) is 13.7 Å². The molecule has 0 radical (unpaired) electrons. The quantitative estimate of drug-likeness (QED) is 0.705. The number of nitrogens with two attached hydrogens (primary N) is 1. The van der Waals surface area contributed by atoms with Crippen molar-refractivity contribution in [2.24, 2.45) is 17.6 Å². The highest BCUT2D eigenvalue weighted by atomic mass is 16.5. The fourth-order valence-electron chi connectivity index (χ4n) is 2.53. The fraction of sp³-hybridized carbons (Fsp3) is 1.00. The van der Waals surface area contributed by atoms with Crippen LogP contribution in [-0.2, 0) is 4.74 Å². The zero-order valence-electron chi connectivity index (χ0n) is 10.4. The van der Waals surface area contributed by atoms with E-state index in [9.17, 15) is 0 Å². The van der Waals surface area contributed by atoms with E-state index in [1.165, 1.54) is 38.5 Å². The van der Waals surface area contributed by atoms with Gasteiger partial charge in [-0.25, -0.2) is 0 Å². The molecule has 0 bridgehead atoms. The second kappa shape index (κ2) is 7.24. The lowest BCUT2D eigenvalue weighted by molar-refractivity contribution is 0.172. The molecule has 1 saturated carbocycles. The number of hydrogen-bond acceptors (Lipinski definition) is 2. The molecule has 1 fully saturated rings. The third-order valence-electron chi connectivity index (χ3n) is 3.89. The summed E-state index contributed by atoms with van der Waals surface area (Å²) in [6, 6.07) is 0.376. The lowest BCUT2D eigenvalue weighted by Gasteiger charge is -2.21. The second-order valence-corrected chi connectivity index (χ2v) is 5.15. The van der Waals surface area contributed by atoms with Gasteiger partial charge in [0.15, 0.2) is 0 Å². The van der Waals surface area contributed by atoms with E-state index < -0.39 is 0 Å². The molecule has 15 heavy (non-hydrogen) atoms. The van der Waals surface area contributed by atoms with Gasteiger partial charge in [0.25, 0.3) is 0 Å².